The van der Waals surface area contributed by atoms with Crippen LogP contribution in [-0.2, 0) is 6.54 Å². The quantitative estimate of drug-likeness (QED) is 0.310. The van der Waals surface area contributed by atoms with Crippen LogP contribution in [0.25, 0.3) is 0 Å². The number of pyridine rings is 1. The van der Waals surface area contributed by atoms with Gasteiger partial charge in [-0.15, -0.1) is 24.0 Å². The minimum Gasteiger partial charge on any atom is -0.468 e. The molecule has 0 aliphatic carbocycles. The molecular formula is C23H36IN7O. The van der Waals surface area contributed by atoms with Crippen LogP contribution in [0.15, 0.2) is 46.1 Å². The van der Waals surface area contributed by atoms with E-state index in [1.165, 1.54) is 12.8 Å². The maximum absolute atomic E-state index is 5.71. The van der Waals surface area contributed by atoms with Crippen LogP contribution < -0.4 is 15.5 Å². The molecular weight excluding hydrogens is 517 g/mol. The van der Waals surface area contributed by atoms with E-state index in [9.17, 15) is 0 Å². The number of likely N-dealkylation sites (tertiary alicyclic amines) is 1. The number of aromatic nitrogens is 1. The first-order chi connectivity index (χ1) is 15.2. The molecule has 2 N–H and O–H groups in total. The predicted molar refractivity (Wildman–Crippen MR) is 140 cm³/mol. The molecule has 32 heavy (non-hydrogen) atoms. The molecule has 176 valence electrons. The van der Waals surface area contributed by atoms with Gasteiger partial charge in [-0.1, -0.05) is 6.07 Å². The maximum atomic E-state index is 5.71. The van der Waals surface area contributed by atoms with Gasteiger partial charge in [0, 0.05) is 52.5 Å². The highest BCUT2D eigenvalue weighted by molar-refractivity contribution is 14.0. The minimum absolute atomic E-state index is 0. The third-order valence-corrected chi connectivity index (χ3v) is 6.24. The summed E-state index contributed by atoms with van der Waals surface area (Å²) in [5.74, 6) is 2.86. The Morgan fingerprint density at radius 3 is 2.50 bits per heavy atom. The molecule has 2 saturated heterocycles. The summed E-state index contributed by atoms with van der Waals surface area (Å²) in [4.78, 5) is 16.3. The Hall–Kier alpha value is -1.85. The maximum Gasteiger partial charge on any atom is 0.191 e. The van der Waals surface area contributed by atoms with E-state index in [0.717, 1.165) is 68.9 Å². The molecule has 2 fully saturated rings. The second-order valence-electron chi connectivity index (χ2n) is 8.40. The Bertz CT molecular complexity index is 813. The SMILES string of the molecule is CN=C(NCc1ccc(N2CCN(C)CC2)nc1)NCC(c1ccco1)N1CCCC1.I. The third kappa shape index (κ3) is 6.58. The van der Waals surface area contributed by atoms with E-state index in [1.807, 2.05) is 19.3 Å². The fourth-order valence-electron chi connectivity index (χ4n) is 4.29. The van der Waals surface area contributed by atoms with Crippen molar-refractivity contribution in [3.63, 3.8) is 0 Å². The normalized spacial score (nSPS) is 18.9. The van der Waals surface area contributed by atoms with E-state index in [2.05, 4.69) is 60.6 Å². The Morgan fingerprint density at radius 1 is 1.09 bits per heavy atom. The van der Waals surface area contributed by atoms with E-state index in [0.29, 0.717) is 6.54 Å². The van der Waals surface area contributed by atoms with Gasteiger partial charge in [-0.3, -0.25) is 9.89 Å². The Labute approximate surface area is 208 Å². The number of likely N-dealkylation sites (N-methyl/N-ethyl adjacent to an activating group) is 1. The van der Waals surface area contributed by atoms with E-state index in [4.69, 9.17) is 4.42 Å². The number of halogens is 1. The van der Waals surface area contributed by atoms with Gasteiger partial charge in [-0.2, -0.15) is 0 Å². The van der Waals surface area contributed by atoms with Crippen molar-refractivity contribution >= 4 is 35.8 Å². The van der Waals surface area contributed by atoms with Crippen molar-refractivity contribution in [2.45, 2.75) is 25.4 Å². The van der Waals surface area contributed by atoms with Gasteiger partial charge in [0.25, 0.3) is 0 Å². The van der Waals surface area contributed by atoms with Crippen LogP contribution in [0.5, 0.6) is 0 Å². The van der Waals surface area contributed by atoms with Gasteiger partial charge < -0.3 is 24.9 Å². The molecule has 1 unspecified atom stereocenters. The lowest BCUT2D eigenvalue weighted by atomic mass is 10.2. The monoisotopic (exact) mass is 553 g/mol. The van der Waals surface area contributed by atoms with Crippen LogP contribution in [0.3, 0.4) is 0 Å². The number of piperazine rings is 1. The first-order valence-corrected chi connectivity index (χ1v) is 11.3. The van der Waals surface area contributed by atoms with Crippen LogP contribution in [0.2, 0.25) is 0 Å². The lowest BCUT2D eigenvalue weighted by Gasteiger charge is -2.33. The molecule has 0 aromatic carbocycles. The zero-order valence-electron chi connectivity index (χ0n) is 19.2. The number of furan rings is 1. The molecule has 9 heteroatoms. The molecule has 0 radical (unpaired) electrons. The van der Waals surface area contributed by atoms with Crippen LogP contribution in [0.1, 0.15) is 30.2 Å². The molecule has 2 aliphatic heterocycles. The second kappa shape index (κ2) is 12.4. The van der Waals surface area contributed by atoms with E-state index in [-0.39, 0.29) is 30.0 Å². The highest BCUT2D eigenvalue weighted by atomic mass is 127. The number of hydrogen-bond donors (Lipinski definition) is 2. The van der Waals surface area contributed by atoms with Crippen LogP contribution in [0.4, 0.5) is 5.82 Å². The second-order valence-corrected chi connectivity index (χ2v) is 8.40. The average molecular weight is 553 g/mol. The smallest absolute Gasteiger partial charge is 0.191 e. The van der Waals surface area contributed by atoms with Crippen molar-refractivity contribution in [2.24, 2.45) is 4.99 Å². The first kappa shape index (κ1) is 24.8. The predicted octanol–water partition coefficient (Wildman–Crippen LogP) is 2.55. The van der Waals surface area contributed by atoms with Crippen molar-refractivity contribution in [1.82, 2.24) is 25.4 Å². The van der Waals surface area contributed by atoms with Gasteiger partial charge in [0.2, 0.25) is 0 Å². The summed E-state index contributed by atoms with van der Waals surface area (Å²) in [5, 5.41) is 6.89. The van der Waals surface area contributed by atoms with Crippen molar-refractivity contribution < 1.29 is 4.42 Å². The van der Waals surface area contributed by atoms with Crippen LogP contribution in [0, 0.1) is 0 Å². The van der Waals surface area contributed by atoms with Crippen LogP contribution in [-0.4, -0.2) is 80.7 Å². The summed E-state index contributed by atoms with van der Waals surface area (Å²) in [5.41, 5.74) is 1.14. The van der Waals surface area contributed by atoms with Gasteiger partial charge in [0.1, 0.15) is 11.6 Å². The van der Waals surface area contributed by atoms with Crippen molar-refractivity contribution in [3.8, 4) is 0 Å². The van der Waals surface area contributed by atoms with Crippen LogP contribution >= 0.6 is 24.0 Å². The Kier molecular flexibility index (Phi) is 9.61. The standard InChI is InChI=1S/C23H35N7O.HI/c1-24-23(27-18-20(21-6-5-15-31-21)29-9-3-4-10-29)26-17-19-7-8-22(25-16-19)30-13-11-28(2)12-14-30;/h5-8,15-16,20H,3-4,9-14,17-18H2,1-2H3,(H2,24,26,27);1H. The van der Waals surface area contributed by atoms with Crippen molar-refractivity contribution in [3.05, 3.63) is 48.0 Å². The highest BCUT2D eigenvalue weighted by Gasteiger charge is 2.25. The van der Waals surface area contributed by atoms with Gasteiger partial charge in [0.15, 0.2) is 5.96 Å². The largest absolute Gasteiger partial charge is 0.468 e. The highest BCUT2D eigenvalue weighted by Crippen LogP contribution is 2.24. The number of nitrogens with zero attached hydrogens (tertiary/aromatic N) is 5. The van der Waals surface area contributed by atoms with Gasteiger partial charge in [-0.05, 0) is 56.7 Å². The molecule has 2 aromatic heterocycles. The van der Waals surface area contributed by atoms with Gasteiger partial charge >= 0.3 is 0 Å². The summed E-state index contributed by atoms with van der Waals surface area (Å²) in [6, 6.07) is 8.52. The zero-order chi connectivity index (χ0) is 21.5. The number of hydrogen-bond acceptors (Lipinski definition) is 6. The third-order valence-electron chi connectivity index (χ3n) is 6.24. The molecule has 2 aliphatic rings. The van der Waals surface area contributed by atoms with E-state index < -0.39 is 0 Å². The molecule has 4 rings (SSSR count). The molecule has 1 atom stereocenters. The minimum atomic E-state index is 0. The van der Waals surface area contributed by atoms with E-state index in [1.54, 1.807) is 6.26 Å². The van der Waals surface area contributed by atoms with Gasteiger partial charge in [0.05, 0.1) is 12.3 Å². The molecule has 0 saturated carbocycles. The molecule has 0 spiro atoms. The lowest BCUT2D eigenvalue weighted by Crippen LogP contribution is -2.44. The summed E-state index contributed by atoms with van der Waals surface area (Å²) >= 11 is 0. The molecule has 8 nitrogen and oxygen atoms in total. The number of guanidine groups is 1. The molecule has 2 aromatic rings. The summed E-state index contributed by atoms with van der Waals surface area (Å²) in [7, 11) is 3.98. The topological polar surface area (TPSA) is 72.2 Å². The number of nitrogens with one attached hydrogen (secondary N) is 2. The fraction of sp³-hybridized carbons (Fsp3) is 0.565. The Morgan fingerprint density at radius 2 is 1.88 bits per heavy atom. The lowest BCUT2D eigenvalue weighted by molar-refractivity contribution is 0.215. The average Bonchev–Trinajstić information content (AvgIpc) is 3.52. The number of aliphatic imine (C=N–C) groups is 1. The Balaban J connectivity index is 0.00000289. The number of rotatable bonds is 7. The summed E-state index contributed by atoms with van der Waals surface area (Å²) in [6.07, 6.45) is 6.22. The summed E-state index contributed by atoms with van der Waals surface area (Å²) in [6.45, 7) is 7.91. The molecule has 4 heterocycles. The van der Waals surface area contributed by atoms with E-state index >= 15 is 0 Å². The zero-order valence-corrected chi connectivity index (χ0v) is 21.5. The van der Waals surface area contributed by atoms with Gasteiger partial charge in [-0.25, -0.2) is 4.98 Å². The molecule has 0 amide bonds. The van der Waals surface area contributed by atoms with Crippen molar-refractivity contribution in [1.29, 1.82) is 0 Å². The molecule has 0 bridgehead atoms. The first-order valence-electron chi connectivity index (χ1n) is 11.3. The summed E-state index contributed by atoms with van der Waals surface area (Å²) < 4.78 is 5.71. The fourth-order valence-corrected chi connectivity index (χ4v) is 4.29. The number of anilines is 1. The van der Waals surface area contributed by atoms with Crippen molar-refractivity contribution in [2.75, 3.05) is 64.8 Å².